The third-order valence-electron chi connectivity index (χ3n) is 4.24. The second-order valence-corrected chi connectivity index (χ2v) is 7.83. The number of thioether (sulfide) groups is 1. The third kappa shape index (κ3) is 7.61. The first-order valence-corrected chi connectivity index (χ1v) is 9.36. The number of likely N-dealkylation sites (N-methyl/N-ethyl adjacent to an activating group) is 1. The van der Waals surface area contributed by atoms with Gasteiger partial charge in [-0.1, -0.05) is 25.1 Å². The smallest absolute Gasteiger partial charge is 0.191 e. The zero-order valence-electron chi connectivity index (χ0n) is 15.2. The van der Waals surface area contributed by atoms with E-state index >= 15 is 0 Å². The van der Waals surface area contributed by atoms with Crippen LogP contribution in [0.4, 0.5) is 0 Å². The maximum absolute atomic E-state index is 4.33. The highest BCUT2D eigenvalue weighted by Gasteiger charge is 2.28. The number of nitrogens with zero attached hydrogens (tertiary/aromatic N) is 2. The van der Waals surface area contributed by atoms with Crippen LogP contribution in [0.3, 0.4) is 0 Å². The Hall–Kier alpha value is -0.470. The lowest BCUT2D eigenvalue weighted by atomic mass is 10.3. The van der Waals surface area contributed by atoms with Crippen molar-refractivity contribution in [3.8, 4) is 0 Å². The molecule has 1 aliphatic carbocycles. The minimum absolute atomic E-state index is 0. The quantitative estimate of drug-likeness (QED) is 0.269. The summed E-state index contributed by atoms with van der Waals surface area (Å²) in [6.45, 7) is 6.33. The van der Waals surface area contributed by atoms with E-state index in [0.29, 0.717) is 11.3 Å². The van der Waals surface area contributed by atoms with Gasteiger partial charge in [-0.05, 0) is 38.9 Å². The van der Waals surface area contributed by atoms with Gasteiger partial charge in [-0.2, -0.15) is 0 Å². The van der Waals surface area contributed by atoms with Crippen molar-refractivity contribution < 1.29 is 0 Å². The van der Waals surface area contributed by atoms with Gasteiger partial charge in [-0.15, -0.1) is 35.7 Å². The van der Waals surface area contributed by atoms with Crippen molar-refractivity contribution >= 4 is 41.7 Å². The van der Waals surface area contributed by atoms with Crippen LogP contribution in [0.1, 0.15) is 26.7 Å². The molecule has 4 nitrogen and oxygen atoms in total. The minimum Gasteiger partial charge on any atom is -0.355 e. The molecule has 2 unspecified atom stereocenters. The average molecular weight is 462 g/mol. The molecular weight excluding hydrogens is 431 g/mol. The van der Waals surface area contributed by atoms with Crippen LogP contribution in [0, 0.1) is 0 Å². The Morgan fingerprint density at radius 3 is 2.42 bits per heavy atom. The second-order valence-electron chi connectivity index (χ2n) is 6.32. The predicted octanol–water partition coefficient (Wildman–Crippen LogP) is 3.43. The highest BCUT2D eigenvalue weighted by atomic mass is 127. The highest BCUT2D eigenvalue weighted by Crippen LogP contribution is 2.26. The van der Waals surface area contributed by atoms with Crippen molar-refractivity contribution in [2.75, 3.05) is 27.2 Å². The van der Waals surface area contributed by atoms with Gasteiger partial charge >= 0.3 is 0 Å². The van der Waals surface area contributed by atoms with Crippen LogP contribution in [0.5, 0.6) is 0 Å². The molecule has 1 fully saturated rings. The summed E-state index contributed by atoms with van der Waals surface area (Å²) in [7, 11) is 4.05. The van der Waals surface area contributed by atoms with E-state index < -0.39 is 0 Å². The van der Waals surface area contributed by atoms with Crippen LogP contribution in [0.2, 0.25) is 0 Å². The predicted molar refractivity (Wildman–Crippen MR) is 117 cm³/mol. The maximum Gasteiger partial charge on any atom is 0.191 e. The monoisotopic (exact) mass is 462 g/mol. The Morgan fingerprint density at radius 2 is 1.83 bits per heavy atom. The topological polar surface area (TPSA) is 39.7 Å². The molecule has 0 heterocycles. The number of benzene rings is 1. The van der Waals surface area contributed by atoms with Crippen LogP contribution in [0.15, 0.2) is 40.2 Å². The zero-order valence-corrected chi connectivity index (χ0v) is 18.3. The van der Waals surface area contributed by atoms with Crippen molar-refractivity contribution in [3.05, 3.63) is 30.3 Å². The summed E-state index contributed by atoms with van der Waals surface area (Å²) in [5, 5.41) is 7.36. The van der Waals surface area contributed by atoms with Gasteiger partial charge in [0.1, 0.15) is 0 Å². The molecule has 136 valence electrons. The van der Waals surface area contributed by atoms with Crippen molar-refractivity contribution in [3.63, 3.8) is 0 Å². The molecule has 1 aromatic carbocycles. The van der Waals surface area contributed by atoms with Crippen LogP contribution < -0.4 is 10.6 Å². The van der Waals surface area contributed by atoms with Crippen LogP contribution in [-0.4, -0.2) is 55.4 Å². The Morgan fingerprint density at radius 1 is 1.21 bits per heavy atom. The standard InChI is InChI=1S/C18H30N4S.HI/c1-14(22(4)16-10-11-16)12-20-18(19-3)21-13-15(2)23-17-8-6-5-7-9-17;/h5-9,14-16H,10-13H2,1-4H3,(H2,19,20,21);1H. The third-order valence-corrected chi connectivity index (χ3v) is 5.36. The number of hydrogen-bond donors (Lipinski definition) is 2. The molecule has 0 spiro atoms. The van der Waals surface area contributed by atoms with Gasteiger partial charge in [0.2, 0.25) is 0 Å². The lowest BCUT2D eigenvalue weighted by molar-refractivity contribution is 0.247. The van der Waals surface area contributed by atoms with E-state index in [4.69, 9.17) is 0 Å². The Bertz CT molecular complexity index is 493. The maximum atomic E-state index is 4.33. The number of nitrogens with one attached hydrogen (secondary N) is 2. The molecular formula is C18H31IN4S. The second kappa shape index (κ2) is 11.2. The molecule has 0 aliphatic heterocycles. The van der Waals surface area contributed by atoms with E-state index in [1.807, 2.05) is 18.8 Å². The summed E-state index contributed by atoms with van der Waals surface area (Å²) in [5.41, 5.74) is 0. The Kier molecular flexibility index (Phi) is 10.1. The minimum atomic E-state index is 0. The zero-order chi connectivity index (χ0) is 16.7. The molecule has 0 radical (unpaired) electrons. The number of hydrogen-bond acceptors (Lipinski definition) is 3. The van der Waals surface area contributed by atoms with Crippen molar-refractivity contribution in [1.29, 1.82) is 0 Å². The van der Waals surface area contributed by atoms with Crippen molar-refractivity contribution in [2.45, 2.75) is 48.9 Å². The molecule has 24 heavy (non-hydrogen) atoms. The molecule has 0 saturated heterocycles. The summed E-state index contributed by atoms with van der Waals surface area (Å²) in [6.07, 6.45) is 2.70. The molecule has 2 rings (SSSR count). The van der Waals surface area contributed by atoms with E-state index in [1.54, 1.807) is 0 Å². The number of aliphatic imine (C=N–C) groups is 1. The Balaban J connectivity index is 0.00000288. The SMILES string of the molecule is CN=C(NCC(C)Sc1ccccc1)NCC(C)N(C)C1CC1.I. The fraction of sp³-hybridized carbons (Fsp3) is 0.611. The van der Waals surface area contributed by atoms with Gasteiger partial charge in [0.25, 0.3) is 0 Å². The van der Waals surface area contributed by atoms with Gasteiger partial charge in [-0.25, -0.2) is 0 Å². The van der Waals surface area contributed by atoms with Gasteiger partial charge in [0, 0.05) is 42.4 Å². The lowest BCUT2D eigenvalue weighted by Gasteiger charge is -2.25. The molecule has 1 saturated carbocycles. The van der Waals surface area contributed by atoms with E-state index in [1.165, 1.54) is 17.7 Å². The van der Waals surface area contributed by atoms with Crippen molar-refractivity contribution in [1.82, 2.24) is 15.5 Å². The fourth-order valence-corrected chi connectivity index (χ4v) is 3.41. The van der Waals surface area contributed by atoms with E-state index in [-0.39, 0.29) is 24.0 Å². The molecule has 2 N–H and O–H groups in total. The molecule has 6 heteroatoms. The first-order chi connectivity index (χ1) is 11.1. The lowest BCUT2D eigenvalue weighted by Crippen LogP contribution is -2.46. The molecule has 1 aliphatic rings. The average Bonchev–Trinajstić information content (AvgIpc) is 3.40. The molecule has 0 amide bonds. The van der Waals surface area contributed by atoms with Gasteiger partial charge in [-0.3, -0.25) is 9.89 Å². The first-order valence-electron chi connectivity index (χ1n) is 8.48. The molecule has 1 aromatic rings. The van der Waals surface area contributed by atoms with E-state index in [0.717, 1.165) is 25.1 Å². The first kappa shape index (κ1) is 21.6. The Labute approximate surface area is 168 Å². The van der Waals surface area contributed by atoms with Gasteiger partial charge < -0.3 is 10.6 Å². The van der Waals surface area contributed by atoms with Crippen LogP contribution in [-0.2, 0) is 0 Å². The van der Waals surface area contributed by atoms with Crippen LogP contribution in [0.25, 0.3) is 0 Å². The van der Waals surface area contributed by atoms with Crippen molar-refractivity contribution in [2.24, 2.45) is 4.99 Å². The van der Waals surface area contributed by atoms with Gasteiger partial charge in [0.05, 0.1) is 0 Å². The van der Waals surface area contributed by atoms with Crippen LogP contribution >= 0.6 is 35.7 Å². The summed E-state index contributed by atoms with van der Waals surface area (Å²) in [5.74, 6) is 0.890. The molecule has 0 aromatic heterocycles. The normalized spacial score (nSPS) is 17.1. The highest BCUT2D eigenvalue weighted by molar-refractivity contribution is 14.0. The number of guanidine groups is 1. The molecule has 2 atom stereocenters. The largest absolute Gasteiger partial charge is 0.355 e. The van der Waals surface area contributed by atoms with E-state index in [9.17, 15) is 0 Å². The molecule has 0 bridgehead atoms. The number of halogens is 1. The van der Waals surface area contributed by atoms with E-state index in [2.05, 4.69) is 71.8 Å². The number of rotatable bonds is 8. The summed E-state index contributed by atoms with van der Waals surface area (Å²) < 4.78 is 0. The fourth-order valence-electron chi connectivity index (χ4n) is 2.46. The van der Waals surface area contributed by atoms with Gasteiger partial charge in [0.15, 0.2) is 5.96 Å². The summed E-state index contributed by atoms with van der Waals surface area (Å²) in [4.78, 5) is 8.10. The summed E-state index contributed by atoms with van der Waals surface area (Å²) in [6, 6.07) is 11.9. The summed E-state index contributed by atoms with van der Waals surface area (Å²) >= 11 is 1.88.